The van der Waals surface area contributed by atoms with Crippen LogP contribution in [0.3, 0.4) is 0 Å². The van der Waals surface area contributed by atoms with E-state index in [2.05, 4.69) is 0 Å². The Morgan fingerprint density at radius 3 is 2.71 bits per heavy atom. The molecule has 1 fully saturated rings. The number of nitriles is 1. The van der Waals surface area contributed by atoms with Crippen molar-refractivity contribution in [2.75, 3.05) is 37.7 Å². The highest BCUT2D eigenvalue weighted by Crippen LogP contribution is 2.16. The van der Waals surface area contributed by atoms with Crippen molar-refractivity contribution in [1.29, 1.82) is 5.26 Å². The van der Waals surface area contributed by atoms with E-state index in [-0.39, 0.29) is 18.4 Å². The van der Waals surface area contributed by atoms with Gasteiger partial charge in [0.25, 0.3) is 0 Å². The lowest BCUT2D eigenvalue weighted by molar-refractivity contribution is -0.134. The predicted molar refractivity (Wildman–Crippen MR) is 76.6 cm³/mol. The summed E-state index contributed by atoms with van der Waals surface area (Å²) in [5, 5.41) is 8.93. The Bertz CT molecular complexity index is 574. The minimum atomic E-state index is -0.230. The van der Waals surface area contributed by atoms with Gasteiger partial charge in [0.05, 0.1) is 24.8 Å². The van der Waals surface area contributed by atoms with Gasteiger partial charge in [0.15, 0.2) is 0 Å². The Kier molecular flexibility index (Phi) is 4.90. The fourth-order valence-corrected chi connectivity index (χ4v) is 2.18. The van der Waals surface area contributed by atoms with Gasteiger partial charge in [0.2, 0.25) is 11.8 Å². The maximum absolute atomic E-state index is 12.3. The minimum Gasteiger partial charge on any atom is -0.378 e. The highest BCUT2D eigenvalue weighted by Gasteiger charge is 2.22. The lowest BCUT2D eigenvalue weighted by Gasteiger charge is -2.29. The Balaban J connectivity index is 2.13. The van der Waals surface area contributed by atoms with Crippen LogP contribution in [0.1, 0.15) is 12.5 Å². The van der Waals surface area contributed by atoms with Gasteiger partial charge in [-0.05, 0) is 18.2 Å². The molecule has 0 bridgehead atoms. The second-order valence-corrected chi connectivity index (χ2v) is 4.76. The van der Waals surface area contributed by atoms with Gasteiger partial charge < -0.3 is 14.5 Å². The van der Waals surface area contributed by atoms with E-state index in [0.29, 0.717) is 37.6 Å². The number of carbonyl (C=O) groups is 2. The molecule has 0 N–H and O–H groups in total. The molecule has 0 aromatic heterocycles. The fraction of sp³-hybridized carbons (Fsp3) is 0.400. The molecule has 0 atom stereocenters. The molecule has 0 saturated carbocycles. The monoisotopic (exact) mass is 287 g/mol. The third-order valence-corrected chi connectivity index (χ3v) is 3.32. The second kappa shape index (κ2) is 6.86. The van der Waals surface area contributed by atoms with Crippen LogP contribution in [-0.2, 0) is 14.3 Å². The van der Waals surface area contributed by atoms with Crippen molar-refractivity contribution in [2.24, 2.45) is 0 Å². The molecule has 1 aromatic carbocycles. The first-order chi connectivity index (χ1) is 10.1. The van der Waals surface area contributed by atoms with E-state index in [9.17, 15) is 9.59 Å². The molecule has 1 saturated heterocycles. The molecule has 21 heavy (non-hydrogen) atoms. The Hall–Kier alpha value is -2.39. The minimum absolute atomic E-state index is 0.0236. The van der Waals surface area contributed by atoms with Gasteiger partial charge in [-0.15, -0.1) is 0 Å². The van der Waals surface area contributed by atoms with Crippen LogP contribution in [0.2, 0.25) is 0 Å². The summed E-state index contributed by atoms with van der Waals surface area (Å²) >= 11 is 0. The van der Waals surface area contributed by atoms with E-state index in [1.807, 2.05) is 6.07 Å². The number of benzene rings is 1. The number of nitrogens with zero attached hydrogens (tertiary/aromatic N) is 3. The van der Waals surface area contributed by atoms with Crippen molar-refractivity contribution in [2.45, 2.75) is 6.92 Å². The number of amides is 2. The van der Waals surface area contributed by atoms with Gasteiger partial charge in [-0.2, -0.15) is 5.26 Å². The van der Waals surface area contributed by atoms with Crippen molar-refractivity contribution in [3.05, 3.63) is 29.8 Å². The van der Waals surface area contributed by atoms with Crippen molar-refractivity contribution >= 4 is 17.5 Å². The van der Waals surface area contributed by atoms with Gasteiger partial charge in [-0.25, -0.2) is 0 Å². The molecule has 1 aliphatic rings. The van der Waals surface area contributed by atoms with Crippen LogP contribution in [0.4, 0.5) is 5.69 Å². The summed E-state index contributed by atoms with van der Waals surface area (Å²) in [4.78, 5) is 27.1. The van der Waals surface area contributed by atoms with Crippen LogP contribution in [-0.4, -0.2) is 49.6 Å². The van der Waals surface area contributed by atoms with E-state index in [1.54, 1.807) is 29.2 Å². The van der Waals surface area contributed by atoms with Gasteiger partial charge in [-0.3, -0.25) is 9.59 Å². The van der Waals surface area contributed by atoms with E-state index < -0.39 is 0 Å². The molecule has 0 unspecified atom stereocenters. The van der Waals surface area contributed by atoms with Gasteiger partial charge in [0.1, 0.15) is 6.54 Å². The molecule has 6 heteroatoms. The third kappa shape index (κ3) is 3.80. The number of hydrogen-bond donors (Lipinski definition) is 0. The number of carbonyl (C=O) groups excluding carboxylic acids is 2. The van der Waals surface area contributed by atoms with Crippen molar-refractivity contribution in [1.82, 2.24) is 4.90 Å². The summed E-state index contributed by atoms with van der Waals surface area (Å²) in [5.74, 6) is -0.345. The molecular formula is C15H17N3O3. The topological polar surface area (TPSA) is 73.6 Å². The van der Waals surface area contributed by atoms with Crippen LogP contribution >= 0.6 is 0 Å². The summed E-state index contributed by atoms with van der Waals surface area (Å²) < 4.78 is 5.21. The number of morpholine rings is 1. The molecule has 0 aliphatic carbocycles. The third-order valence-electron chi connectivity index (χ3n) is 3.32. The number of anilines is 1. The lowest BCUT2D eigenvalue weighted by atomic mass is 10.2. The Morgan fingerprint density at radius 2 is 2.10 bits per heavy atom. The molecule has 110 valence electrons. The summed E-state index contributed by atoms with van der Waals surface area (Å²) in [6.07, 6.45) is 0. The molecule has 2 rings (SSSR count). The van der Waals surface area contributed by atoms with E-state index in [4.69, 9.17) is 10.00 Å². The smallest absolute Gasteiger partial charge is 0.242 e. The van der Waals surface area contributed by atoms with E-state index in [0.717, 1.165) is 0 Å². The highest BCUT2D eigenvalue weighted by molar-refractivity contribution is 5.97. The van der Waals surface area contributed by atoms with Crippen LogP contribution < -0.4 is 4.90 Å². The van der Waals surface area contributed by atoms with Gasteiger partial charge in [-0.1, -0.05) is 6.07 Å². The zero-order chi connectivity index (χ0) is 15.2. The summed E-state index contributed by atoms with van der Waals surface area (Å²) in [6, 6.07) is 8.71. The first-order valence-electron chi connectivity index (χ1n) is 6.75. The molecular weight excluding hydrogens is 270 g/mol. The predicted octanol–water partition coefficient (Wildman–Crippen LogP) is 0.770. The Labute approximate surface area is 123 Å². The Morgan fingerprint density at radius 1 is 1.38 bits per heavy atom. The van der Waals surface area contributed by atoms with Crippen LogP contribution in [0.15, 0.2) is 24.3 Å². The quantitative estimate of drug-likeness (QED) is 0.823. The first-order valence-corrected chi connectivity index (χ1v) is 6.75. The lowest BCUT2D eigenvalue weighted by Crippen LogP contribution is -2.46. The maximum atomic E-state index is 12.3. The van der Waals surface area contributed by atoms with E-state index in [1.165, 1.54) is 11.8 Å². The largest absolute Gasteiger partial charge is 0.378 e. The molecule has 6 nitrogen and oxygen atoms in total. The second-order valence-electron chi connectivity index (χ2n) is 4.76. The average molecular weight is 287 g/mol. The highest BCUT2D eigenvalue weighted by atomic mass is 16.5. The first kappa shape index (κ1) is 15.0. The zero-order valence-corrected chi connectivity index (χ0v) is 11.9. The summed E-state index contributed by atoms with van der Waals surface area (Å²) in [5.41, 5.74) is 1.01. The van der Waals surface area contributed by atoms with Crippen molar-refractivity contribution in [3.63, 3.8) is 0 Å². The number of ether oxygens (including phenoxy) is 1. The fourth-order valence-electron chi connectivity index (χ4n) is 2.18. The average Bonchev–Trinajstić information content (AvgIpc) is 2.53. The standard InChI is InChI=1S/C15H17N3O3/c1-12(19)18(14-4-2-3-13(9-14)10-16)11-15(20)17-5-7-21-8-6-17/h2-4,9H,5-8,11H2,1H3. The molecule has 1 heterocycles. The van der Waals surface area contributed by atoms with Gasteiger partial charge >= 0.3 is 0 Å². The SMILES string of the molecule is CC(=O)N(CC(=O)N1CCOCC1)c1cccc(C#N)c1. The van der Waals surface area contributed by atoms with Crippen LogP contribution in [0, 0.1) is 11.3 Å². The van der Waals surface area contributed by atoms with Crippen molar-refractivity contribution < 1.29 is 14.3 Å². The van der Waals surface area contributed by atoms with Crippen LogP contribution in [0.5, 0.6) is 0 Å². The van der Waals surface area contributed by atoms with Gasteiger partial charge in [0, 0.05) is 25.7 Å². The molecule has 0 spiro atoms. The maximum Gasteiger partial charge on any atom is 0.242 e. The zero-order valence-electron chi connectivity index (χ0n) is 11.9. The molecule has 1 aliphatic heterocycles. The number of hydrogen-bond acceptors (Lipinski definition) is 4. The summed E-state index contributed by atoms with van der Waals surface area (Å²) in [7, 11) is 0. The van der Waals surface area contributed by atoms with Crippen molar-refractivity contribution in [3.8, 4) is 6.07 Å². The molecule has 1 aromatic rings. The normalized spacial score (nSPS) is 14.4. The summed E-state index contributed by atoms with van der Waals surface area (Å²) in [6.45, 7) is 3.52. The molecule has 0 radical (unpaired) electrons. The number of rotatable bonds is 3. The molecule has 2 amide bonds. The van der Waals surface area contributed by atoms with E-state index >= 15 is 0 Å². The van der Waals surface area contributed by atoms with Crippen LogP contribution in [0.25, 0.3) is 0 Å².